The van der Waals surface area contributed by atoms with Crippen LogP contribution in [0.1, 0.15) is 16.1 Å². The molecule has 0 aliphatic heterocycles. The minimum absolute atomic E-state index is 0.138. The van der Waals surface area contributed by atoms with E-state index in [0.717, 1.165) is 16.9 Å². The van der Waals surface area contributed by atoms with Crippen molar-refractivity contribution in [2.45, 2.75) is 10.6 Å². The van der Waals surface area contributed by atoms with Crippen LogP contribution >= 0.6 is 11.3 Å². The van der Waals surface area contributed by atoms with Gasteiger partial charge in [0.15, 0.2) is 9.90 Å². The third-order valence-electron chi connectivity index (χ3n) is 2.62. The highest BCUT2D eigenvalue weighted by Gasteiger charge is 2.26. The first-order valence-electron chi connectivity index (χ1n) is 5.93. The average Bonchev–Trinajstić information content (AvgIpc) is 3.07. The van der Waals surface area contributed by atoms with Gasteiger partial charge in [0.2, 0.25) is 0 Å². The molecule has 2 aromatic heterocycles. The Labute approximate surface area is 125 Å². The second-order valence-electron chi connectivity index (χ2n) is 4.15. The Morgan fingerprint density at radius 1 is 1.52 bits per heavy atom. The lowest BCUT2D eigenvalue weighted by Gasteiger charge is -2.05. The van der Waals surface area contributed by atoms with Crippen LogP contribution in [0.25, 0.3) is 0 Å². The van der Waals surface area contributed by atoms with E-state index in [1.54, 1.807) is 24.1 Å². The number of nitrogens with zero attached hydrogens (tertiary/aromatic N) is 3. The quantitative estimate of drug-likeness (QED) is 0.758. The van der Waals surface area contributed by atoms with E-state index < -0.39 is 16.0 Å². The molecule has 0 unspecified atom stereocenters. The molecule has 10 heteroatoms. The fourth-order valence-electron chi connectivity index (χ4n) is 1.66. The van der Waals surface area contributed by atoms with Crippen molar-refractivity contribution in [2.24, 2.45) is 7.05 Å². The monoisotopic (exact) mass is 330 g/mol. The highest BCUT2D eigenvalue weighted by atomic mass is 32.2. The third kappa shape index (κ3) is 3.65. The lowest BCUT2D eigenvalue weighted by atomic mass is 10.3. The molecule has 0 atom stereocenters. The number of carbonyl (C=O) groups excluding carboxylic acids is 1. The lowest BCUT2D eigenvalue weighted by Crippen LogP contribution is -2.26. The molecule has 0 radical (unpaired) electrons. The van der Waals surface area contributed by atoms with E-state index >= 15 is 0 Å². The summed E-state index contributed by atoms with van der Waals surface area (Å²) >= 11 is 0.872. The topological polar surface area (TPSA) is 103 Å². The largest absolute Gasteiger partial charge is 0.464 e. The zero-order chi connectivity index (χ0) is 15.5. The number of methoxy groups -OCH3 is 1. The second-order valence-corrected chi connectivity index (χ2v) is 6.97. The summed E-state index contributed by atoms with van der Waals surface area (Å²) in [5.41, 5.74) is 2.01. The van der Waals surface area contributed by atoms with Crippen LogP contribution in [0.5, 0.6) is 0 Å². The Balaban J connectivity index is 2.05. The van der Waals surface area contributed by atoms with E-state index in [4.69, 9.17) is 0 Å². The number of esters is 1. The van der Waals surface area contributed by atoms with Gasteiger partial charge in [-0.25, -0.2) is 22.9 Å². The molecule has 114 valence electrons. The smallest absolute Gasteiger partial charge is 0.358 e. The molecule has 0 aliphatic carbocycles. The standard InChI is InChI=1S/C11H14N4O4S2/c1-15-6-8(5-13-15)3-4-14-21(17,18)11-9(10(16)19-2)12-7-20-11/h5-7,14H,3-4H2,1-2H3. The number of aromatic nitrogens is 3. The molecular weight excluding hydrogens is 316 g/mol. The van der Waals surface area contributed by atoms with Crippen LogP contribution in [0.3, 0.4) is 0 Å². The van der Waals surface area contributed by atoms with Crippen molar-refractivity contribution in [3.8, 4) is 0 Å². The van der Waals surface area contributed by atoms with Crippen molar-refractivity contribution in [1.29, 1.82) is 0 Å². The fourth-order valence-corrected chi connectivity index (χ4v) is 3.86. The zero-order valence-electron chi connectivity index (χ0n) is 11.4. The van der Waals surface area contributed by atoms with Crippen LogP contribution in [0, 0.1) is 0 Å². The van der Waals surface area contributed by atoms with E-state index in [-0.39, 0.29) is 16.4 Å². The summed E-state index contributed by atoms with van der Waals surface area (Å²) in [5, 5.41) is 4.00. The molecule has 0 fully saturated rings. The third-order valence-corrected chi connectivity index (χ3v) is 5.45. The van der Waals surface area contributed by atoms with Gasteiger partial charge < -0.3 is 4.74 Å². The molecule has 0 spiro atoms. The number of rotatable bonds is 6. The highest BCUT2D eigenvalue weighted by Crippen LogP contribution is 2.20. The van der Waals surface area contributed by atoms with Crippen molar-refractivity contribution in [2.75, 3.05) is 13.7 Å². The molecule has 0 aromatic carbocycles. The second kappa shape index (κ2) is 6.33. The van der Waals surface area contributed by atoms with E-state index in [1.165, 1.54) is 12.6 Å². The maximum Gasteiger partial charge on any atom is 0.358 e. The predicted molar refractivity (Wildman–Crippen MR) is 75.6 cm³/mol. The molecule has 0 saturated heterocycles. The Morgan fingerprint density at radius 2 is 2.29 bits per heavy atom. The maximum absolute atomic E-state index is 12.2. The minimum atomic E-state index is -3.79. The molecule has 21 heavy (non-hydrogen) atoms. The molecule has 2 heterocycles. The van der Waals surface area contributed by atoms with Gasteiger partial charge in [0.25, 0.3) is 10.0 Å². The van der Waals surface area contributed by atoms with Gasteiger partial charge in [0, 0.05) is 19.8 Å². The molecule has 0 bridgehead atoms. The summed E-state index contributed by atoms with van der Waals surface area (Å²) in [6.07, 6.45) is 3.97. The molecule has 0 amide bonds. The van der Waals surface area contributed by atoms with Gasteiger partial charge >= 0.3 is 5.97 Å². The van der Waals surface area contributed by atoms with Gasteiger partial charge in [-0.3, -0.25) is 4.68 Å². The van der Waals surface area contributed by atoms with Crippen molar-refractivity contribution in [1.82, 2.24) is 19.5 Å². The molecule has 0 saturated carbocycles. The van der Waals surface area contributed by atoms with Gasteiger partial charge in [0.1, 0.15) is 0 Å². The Bertz CT molecular complexity index is 735. The summed E-state index contributed by atoms with van der Waals surface area (Å²) in [6.45, 7) is 0.201. The van der Waals surface area contributed by atoms with Gasteiger partial charge in [-0.2, -0.15) is 5.10 Å². The average molecular weight is 330 g/mol. The van der Waals surface area contributed by atoms with E-state index in [9.17, 15) is 13.2 Å². The number of thiazole rings is 1. The fraction of sp³-hybridized carbons (Fsp3) is 0.364. The molecule has 2 rings (SSSR count). The van der Waals surface area contributed by atoms with Gasteiger partial charge in [-0.1, -0.05) is 0 Å². The number of sulfonamides is 1. The first kappa shape index (κ1) is 15.6. The Kier molecular flexibility index (Phi) is 4.70. The number of aryl methyl sites for hydroxylation is 1. The van der Waals surface area contributed by atoms with Crippen LogP contribution in [-0.2, 0) is 28.2 Å². The van der Waals surface area contributed by atoms with Crippen LogP contribution in [0.4, 0.5) is 0 Å². The SMILES string of the molecule is COC(=O)c1ncsc1S(=O)(=O)NCCc1cnn(C)c1. The zero-order valence-corrected chi connectivity index (χ0v) is 13.1. The number of hydrogen-bond donors (Lipinski definition) is 1. The predicted octanol–water partition coefficient (Wildman–Crippen LogP) is 0.184. The van der Waals surface area contributed by atoms with Crippen molar-refractivity contribution >= 4 is 27.3 Å². The molecule has 0 aliphatic rings. The Hall–Kier alpha value is -1.78. The van der Waals surface area contributed by atoms with Crippen molar-refractivity contribution in [3.05, 3.63) is 29.2 Å². The summed E-state index contributed by atoms with van der Waals surface area (Å²) in [6, 6.07) is 0. The number of carbonyl (C=O) groups is 1. The van der Waals surface area contributed by atoms with Crippen LogP contribution < -0.4 is 4.72 Å². The van der Waals surface area contributed by atoms with Crippen LogP contribution in [0.15, 0.2) is 22.1 Å². The normalized spacial score (nSPS) is 11.5. The first-order chi connectivity index (χ1) is 9.94. The molecule has 1 N–H and O–H groups in total. The minimum Gasteiger partial charge on any atom is -0.464 e. The van der Waals surface area contributed by atoms with E-state index in [1.807, 2.05) is 0 Å². The summed E-state index contributed by atoms with van der Waals surface area (Å²) in [7, 11) is -0.828. The van der Waals surface area contributed by atoms with Crippen LogP contribution in [-0.4, -0.2) is 42.8 Å². The number of nitrogens with one attached hydrogen (secondary N) is 1. The molecule has 2 aromatic rings. The van der Waals surface area contributed by atoms with Crippen molar-refractivity contribution < 1.29 is 17.9 Å². The highest BCUT2D eigenvalue weighted by molar-refractivity contribution is 7.91. The Morgan fingerprint density at radius 3 is 2.90 bits per heavy atom. The van der Waals surface area contributed by atoms with Crippen molar-refractivity contribution in [3.63, 3.8) is 0 Å². The summed E-state index contributed by atoms with van der Waals surface area (Å²) < 4.78 is 32.8. The van der Waals surface area contributed by atoms with Crippen LogP contribution in [0.2, 0.25) is 0 Å². The summed E-state index contributed by atoms with van der Waals surface area (Å²) in [4.78, 5) is 15.2. The van der Waals surface area contributed by atoms with Gasteiger partial charge in [-0.15, -0.1) is 11.3 Å². The summed E-state index contributed by atoms with van der Waals surface area (Å²) in [5.74, 6) is -0.774. The lowest BCUT2D eigenvalue weighted by molar-refractivity contribution is 0.0590. The van der Waals surface area contributed by atoms with Gasteiger partial charge in [0.05, 0.1) is 18.8 Å². The molecular formula is C11H14N4O4S2. The van der Waals surface area contributed by atoms with E-state index in [2.05, 4.69) is 19.5 Å². The maximum atomic E-state index is 12.2. The number of hydrogen-bond acceptors (Lipinski definition) is 7. The van der Waals surface area contributed by atoms with Gasteiger partial charge in [-0.05, 0) is 12.0 Å². The first-order valence-corrected chi connectivity index (χ1v) is 8.29. The number of ether oxygens (including phenoxy) is 1. The van der Waals surface area contributed by atoms with E-state index in [0.29, 0.717) is 6.42 Å². The molecule has 8 nitrogen and oxygen atoms in total.